The lowest BCUT2D eigenvalue weighted by Gasteiger charge is -2.32. The molecule has 0 aliphatic carbocycles. The summed E-state index contributed by atoms with van der Waals surface area (Å²) in [5.41, 5.74) is 1.10. The van der Waals surface area contributed by atoms with Crippen molar-refractivity contribution < 1.29 is 28.0 Å². The Kier molecular flexibility index (Phi) is 10.8. The summed E-state index contributed by atoms with van der Waals surface area (Å²) in [4.78, 5) is 58.9. The Balaban J connectivity index is 1.37. The normalized spacial score (nSPS) is 14.8. The molecule has 2 aliphatic rings. The lowest BCUT2D eigenvalue weighted by molar-refractivity contribution is 0.0593. The van der Waals surface area contributed by atoms with Crippen LogP contribution in [0.5, 0.6) is 0 Å². The number of fused-ring (bicyclic) bond motifs is 2. The molecule has 0 radical (unpaired) electrons. The molecule has 2 aliphatic heterocycles. The van der Waals surface area contributed by atoms with Gasteiger partial charge in [-0.3, -0.25) is 29.0 Å². The fourth-order valence-electron chi connectivity index (χ4n) is 8.37. The van der Waals surface area contributed by atoms with Gasteiger partial charge in [0.2, 0.25) is 0 Å². The van der Waals surface area contributed by atoms with Crippen LogP contribution >= 0.6 is 46.4 Å². The van der Waals surface area contributed by atoms with Gasteiger partial charge in [0.15, 0.2) is 0 Å². The average molecular weight is 815 g/mol. The molecule has 0 fully saturated rings. The predicted molar refractivity (Wildman–Crippen MR) is 216 cm³/mol. The zero-order chi connectivity index (χ0) is 37.9. The smallest absolute Gasteiger partial charge is 0.334 e. The number of nitrogens with zero attached hydrogens (tertiary/aromatic N) is 2. The van der Waals surface area contributed by atoms with Gasteiger partial charge >= 0.3 is 8.56 Å². The number of amides is 4. The van der Waals surface area contributed by atoms with Crippen LogP contribution in [0.15, 0.2) is 24.3 Å². The van der Waals surface area contributed by atoms with Crippen molar-refractivity contribution in [1.82, 2.24) is 9.80 Å². The van der Waals surface area contributed by atoms with E-state index in [-0.39, 0.29) is 44.3 Å². The third kappa shape index (κ3) is 6.21. The minimum Gasteiger partial charge on any atom is -0.395 e. The van der Waals surface area contributed by atoms with Crippen LogP contribution in [0.2, 0.25) is 32.7 Å². The summed E-state index contributed by atoms with van der Waals surface area (Å²) in [6, 6.07) is 6.90. The molecule has 2 heterocycles. The summed E-state index contributed by atoms with van der Waals surface area (Å²) in [5.74, 6) is -1.80. The van der Waals surface area contributed by atoms with Crippen LogP contribution in [0.4, 0.5) is 0 Å². The third-order valence-electron chi connectivity index (χ3n) is 10.7. The second-order valence-corrected chi connectivity index (χ2v) is 19.0. The third-order valence-corrected chi connectivity index (χ3v) is 14.9. The van der Waals surface area contributed by atoms with Crippen LogP contribution in [0.1, 0.15) is 107 Å². The average Bonchev–Trinajstić information content (AvgIpc) is 3.11. The van der Waals surface area contributed by atoms with Gasteiger partial charge in [0.25, 0.3) is 23.6 Å². The van der Waals surface area contributed by atoms with Gasteiger partial charge in [-0.25, -0.2) is 0 Å². The Morgan fingerprint density at radius 3 is 1.19 bits per heavy atom. The van der Waals surface area contributed by atoms with Gasteiger partial charge < -0.3 is 8.85 Å². The number of imide groups is 2. The highest BCUT2D eigenvalue weighted by Crippen LogP contribution is 2.53. The van der Waals surface area contributed by atoms with Crippen molar-refractivity contribution in [2.24, 2.45) is 0 Å². The fourth-order valence-corrected chi connectivity index (χ4v) is 12.0. The fraction of sp³-hybridized carbons (Fsp3) is 0.400. The van der Waals surface area contributed by atoms with Crippen LogP contribution in [-0.2, 0) is 8.85 Å². The highest BCUT2D eigenvalue weighted by Gasteiger charge is 2.40. The van der Waals surface area contributed by atoms with Crippen molar-refractivity contribution >= 4 is 122 Å². The number of unbranched alkanes of at least 4 members (excludes halogenated alkanes) is 5. The molecule has 7 rings (SSSR count). The van der Waals surface area contributed by atoms with E-state index in [1.54, 1.807) is 24.3 Å². The molecule has 13 heteroatoms. The number of hydrogen-bond acceptors (Lipinski definition) is 6. The van der Waals surface area contributed by atoms with E-state index in [2.05, 4.69) is 6.92 Å². The Labute approximate surface area is 329 Å². The standard InChI is InChI=1S/C40H40Cl4N2O6Si/c1-5-8-9-10-11-12-14-45-37(47)21-17-25(41)31-33-27(43)19-23-30-24(40(50)46(39(23)49)15-13-16-53(4,51-6-2)52-7-3)20-28(44)34(36(30)33)32-26(42)18-22(38(45)48)29(21)35(31)32/h17-20H,5-16H2,1-4H3. The molecule has 4 amide bonds. The van der Waals surface area contributed by atoms with E-state index in [0.29, 0.717) is 86.3 Å². The number of hydrogen-bond donors (Lipinski definition) is 0. The van der Waals surface area contributed by atoms with Gasteiger partial charge in [-0.1, -0.05) is 85.4 Å². The van der Waals surface area contributed by atoms with E-state index < -0.39 is 32.2 Å². The Morgan fingerprint density at radius 1 is 0.491 bits per heavy atom. The van der Waals surface area contributed by atoms with Gasteiger partial charge in [-0.05, 0) is 63.5 Å². The van der Waals surface area contributed by atoms with Crippen LogP contribution in [0.3, 0.4) is 0 Å². The van der Waals surface area contributed by atoms with Gasteiger partial charge in [0, 0.05) is 89.5 Å². The van der Waals surface area contributed by atoms with E-state index in [1.807, 2.05) is 20.4 Å². The highest BCUT2D eigenvalue weighted by molar-refractivity contribution is 6.66. The van der Waals surface area contributed by atoms with Crippen molar-refractivity contribution in [3.05, 3.63) is 66.6 Å². The molecular formula is C40H40Cl4N2O6Si. The van der Waals surface area contributed by atoms with Gasteiger partial charge in [0.1, 0.15) is 0 Å². The Hall–Kier alpha value is -3.02. The lowest BCUT2D eigenvalue weighted by atomic mass is 9.82. The first-order valence-electron chi connectivity index (χ1n) is 18.4. The maximum absolute atomic E-state index is 14.2. The minimum atomic E-state index is -2.49. The molecular weight excluding hydrogens is 774 g/mol. The lowest BCUT2D eigenvalue weighted by Crippen LogP contribution is -2.43. The summed E-state index contributed by atoms with van der Waals surface area (Å²) < 4.78 is 11.9. The summed E-state index contributed by atoms with van der Waals surface area (Å²) in [6.45, 7) is 9.45. The Morgan fingerprint density at radius 2 is 0.830 bits per heavy atom. The molecule has 0 bridgehead atoms. The first-order valence-corrected chi connectivity index (χ1v) is 22.4. The van der Waals surface area contributed by atoms with E-state index in [9.17, 15) is 19.2 Å². The summed E-state index contributed by atoms with van der Waals surface area (Å²) >= 11 is 28.5. The molecule has 0 saturated heterocycles. The van der Waals surface area contributed by atoms with Crippen molar-refractivity contribution in [3.63, 3.8) is 0 Å². The first-order chi connectivity index (χ1) is 25.4. The number of halogens is 4. The summed E-state index contributed by atoms with van der Waals surface area (Å²) in [5, 5.41) is 4.50. The van der Waals surface area contributed by atoms with Crippen molar-refractivity contribution in [2.45, 2.75) is 78.3 Å². The topological polar surface area (TPSA) is 93.2 Å². The van der Waals surface area contributed by atoms with Crippen molar-refractivity contribution in [3.8, 4) is 0 Å². The molecule has 0 N–H and O–H groups in total. The quantitative estimate of drug-likeness (QED) is 0.0343. The largest absolute Gasteiger partial charge is 0.395 e. The summed E-state index contributed by atoms with van der Waals surface area (Å²) in [6.07, 6.45) is 6.54. The zero-order valence-corrected chi connectivity index (χ0v) is 34.2. The van der Waals surface area contributed by atoms with Gasteiger partial charge in [-0.15, -0.1) is 0 Å². The van der Waals surface area contributed by atoms with Crippen LogP contribution in [0, 0.1) is 0 Å². The zero-order valence-electron chi connectivity index (χ0n) is 30.2. The molecule has 0 atom stereocenters. The molecule has 0 saturated carbocycles. The van der Waals surface area contributed by atoms with Gasteiger partial charge in [-0.2, -0.15) is 0 Å². The SMILES string of the molecule is CCCCCCCCN1C(=O)c2cc(Cl)c3c4c(Cl)cc5c6c(cc(Cl)c(c7c(Cl)cc(c2c37)C1=O)c64)C(=O)N(CCC[Si](C)(OCC)OCC)C5=O. The first kappa shape index (κ1) is 38.3. The van der Waals surface area contributed by atoms with Crippen molar-refractivity contribution in [2.75, 3.05) is 26.3 Å². The molecule has 53 heavy (non-hydrogen) atoms. The van der Waals surface area contributed by atoms with E-state index in [1.165, 1.54) is 9.80 Å². The van der Waals surface area contributed by atoms with Crippen LogP contribution in [0.25, 0.3) is 43.1 Å². The number of carbonyl (C=O) groups is 4. The predicted octanol–water partition coefficient (Wildman–Crippen LogP) is 11.4. The summed E-state index contributed by atoms with van der Waals surface area (Å²) in [7, 11) is -2.49. The molecule has 5 aromatic rings. The van der Waals surface area contributed by atoms with Gasteiger partial charge in [0.05, 0.1) is 22.3 Å². The maximum atomic E-state index is 14.2. The second-order valence-electron chi connectivity index (χ2n) is 14.0. The molecule has 0 aromatic heterocycles. The molecule has 8 nitrogen and oxygen atoms in total. The van der Waals surface area contributed by atoms with E-state index in [4.69, 9.17) is 55.3 Å². The maximum Gasteiger partial charge on any atom is 0.334 e. The number of rotatable bonds is 15. The van der Waals surface area contributed by atoms with E-state index >= 15 is 0 Å². The highest BCUT2D eigenvalue weighted by atomic mass is 35.5. The monoisotopic (exact) mass is 812 g/mol. The minimum absolute atomic E-state index is 0.156. The molecule has 0 spiro atoms. The molecule has 278 valence electrons. The van der Waals surface area contributed by atoms with Crippen LogP contribution in [-0.4, -0.2) is 68.3 Å². The Bertz CT molecular complexity index is 2230. The molecule has 0 unspecified atom stereocenters. The number of carbonyl (C=O) groups excluding carboxylic acids is 4. The van der Waals surface area contributed by atoms with Crippen molar-refractivity contribution in [1.29, 1.82) is 0 Å². The van der Waals surface area contributed by atoms with E-state index in [0.717, 1.165) is 32.1 Å². The molecule has 5 aromatic carbocycles. The second kappa shape index (κ2) is 14.9. The number of benzene rings is 5. The van der Waals surface area contributed by atoms with Crippen LogP contribution < -0.4 is 0 Å².